The Hall–Kier alpha value is -2.64. The Balaban J connectivity index is 1.12. The maximum atomic E-state index is 12.8. The summed E-state index contributed by atoms with van der Waals surface area (Å²) < 4.78 is 5.89. The van der Waals surface area contributed by atoms with Crippen LogP contribution in [0.5, 0.6) is 0 Å². The van der Waals surface area contributed by atoms with E-state index in [1.807, 2.05) is 0 Å². The fourth-order valence-corrected chi connectivity index (χ4v) is 10.3. The number of carboxylic acids is 1. The normalized spacial score (nSPS) is 33.7. The number of aromatic amines is 1. The smallest absolute Gasteiger partial charge is 0.326 e. The first kappa shape index (κ1) is 33.7. The van der Waals surface area contributed by atoms with Crippen molar-refractivity contribution in [3.63, 3.8) is 0 Å². The van der Waals surface area contributed by atoms with Gasteiger partial charge in [0, 0.05) is 31.2 Å². The zero-order valence-corrected chi connectivity index (χ0v) is 28.3. The number of H-pyrrole nitrogens is 1. The van der Waals surface area contributed by atoms with Gasteiger partial charge in [0.1, 0.15) is 12.1 Å². The van der Waals surface area contributed by atoms with Gasteiger partial charge in [0.05, 0.1) is 12.7 Å². The fourth-order valence-electron chi connectivity index (χ4n) is 10.3. The van der Waals surface area contributed by atoms with Gasteiger partial charge in [-0.3, -0.25) is 9.59 Å². The molecule has 250 valence electrons. The zero-order valence-electron chi connectivity index (χ0n) is 28.3. The molecule has 1 heterocycles. The van der Waals surface area contributed by atoms with Gasteiger partial charge >= 0.3 is 11.9 Å². The number of ether oxygens (including phenoxy) is 1. The highest BCUT2D eigenvalue weighted by atomic mass is 16.5. The van der Waals surface area contributed by atoms with Crippen LogP contribution >= 0.6 is 0 Å². The molecule has 1 aromatic heterocycles. The predicted octanol–water partition coefficient (Wildman–Crippen LogP) is 7.26. The van der Waals surface area contributed by atoms with Crippen LogP contribution in [0, 0.1) is 46.3 Å². The van der Waals surface area contributed by atoms with Crippen molar-refractivity contribution in [2.45, 2.75) is 137 Å². The molecule has 8 nitrogen and oxygen atoms in total. The number of carbonyl (C=O) groups is 3. The minimum absolute atomic E-state index is 0.0585. The van der Waals surface area contributed by atoms with Gasteiger partial charge in [0.25, 0.3) is 0 Å². The lowest BCUT2D eigenvalue weighted by Crippen LogP contribution is -2.51. The standard InChI is InChI=1S/C37H57N3O5/c1-23(2)7-6-8-24(3)29-11-12-30-28-10-9-25-19-27(15-17-36(25,4)31(28)16-18-37(29,30)5)45-34(42)14-13-33(41)40-32(35(43)44)20-26-21-38-22-39-26/h9,21-24,27-32H,6-8,10-20H2,1-5H3,(H,38,39)(H,40,41)(H,43,44). The van der Waals surface area contributed by atoms with Crippen LogP contribution < -0.4 is 5.32 Å². The van der Waals surface area contributed by atoms with Crippen LogP contribution in [-0.2, 0) is 25.5 Å². The number of esters is 1. The van der Waals surface area contributed by atoms with Crippen molar-refractivity contribution in [2.24, 2.45) is 46.3 Å². The van der Waals surface area contributed by atoms with Gasteiger partial charge in [0.15, 0.2) is 0 Å². The Morgan fingerprint density at radius 3 is 2.58 bits per heavy atom. The number of nitrogens with one attached hydrogen (secondary N) is 2. The maximum Gasteiger partial charge on any atom is 0.326 e. The molecular weight excluding hydrogens is 566 g/mol. The lowest BCUT2D eigenvalue weighted by molar-refractivity contribution is -0.152. The first-order valence-electron chi connectivity index (χ1n) is 17.8. The van der Waals surface area contributed by atoms with Gasteiger partial charge in [-0.2, -0.15) is 0 Å². The minimum atomic E-state index is -1.13. The average molecular weight is 624 g/mol. The average Bonchev–Trinajstić information content (AvgIpc) is 3.63. The monoisotopic (exact) mass is 623 g/mol. The van der Waals surface area contributed by atoms with Crippen LogP contribution in [0.4, 0.5) is 0 Å². The summed E-state index contributed by atoms with van der Waals surface area (Å²) in [7, 11) is 0. The Labute approximate surface area is 269 Å². The first-order chi connectivity index (χ1) is 21.4. The highest BCUT2D eigenvalue weighted by molar-refractivity contribution is 5.85. The summed E-state index contributed by atoms with van der Waals surface area (Å²) in [5, 5.41) is 12.0. The Kier molecular flexibility index (Phi) is 10.5. The molecule has 1 aromatic rings. The molecule has 45 heavy (non-hydrogen) atoms. The largest absolute Gasteiger partial charge is 0.480 e. The van der Waals surface area contributed by atoms with Crippen molar-refractivity contribution in [1.82, 2.24) is 15.3 Å². The van der Waals surface area contributed by atoms with Gasteiger partial charge in [-0.25, -0.2) is 9.78 Å². The number of aromatic nitrogens is 2. The van der Waals surface area contributed by atoms with Crippen LogP contribution in [0.1, 0.15) is 124 Å². The summed E-state index contributed by atoms with van der Waals surface area (Å²) in [5.74, 6) is 2.79. The van der Waals surface area contributed by atoms with E-state index in [1.54, 1.807) is 0 Å². The van der Waals surface area contributed by atoms with E-state index < -0.39 is 17.9 Å². The molecular formula is C37H57N3O5. The molecule has 0 radical (unpaired) electrons. The van der Waals surface area contributed by atoms with E-state index in [2.05, 4.69) is 56.0 Å². The molecule has 0 spiro atoms. The van der Waals surface area contributed by atoms with Crippen LogP contribution in [0.25, 0.3) is 0 Å². The van der Waals surface area contributed by atoms with E-state index >= 15 is 0 Å². The van der Waals surface area contributed by atoms with E-state index in [0.717, 1.165) is 61.2 Å². The van der Waals surface area contributed by atoms with Gasteiger partial charge < -0.3 is 20.1 Å². The number of carboxylic acid groups (broad SMARTS) is 1. The number of allylic oxidation sites excluding steroid dienone is 1. The summed E-state index contributed by atoms with van der Waals surface area (Å²) >= 11 is 0. The van der Waals surface area contributed by atoms with Crippen molar-refractivity contribution < 1.29 is 24.2 Å². The topological polar surface area (TPSA) is 121 Å². The van der Waals surface area contributed by atoms with Crippen LogP contribution in [0.3, 0.4) is 0 Å². The molecule has 4 aliphatic rings. The lowest BCUT2D eigenvalue weighted by Gasteiger charge is -2.58. The third-order valence-corrected chi connectivity index (χ3v) is 12.7. The third-order valence-electron chi connectivity index (χ3n) is 12.7. The molecule has 1 amide bonds. The highest BCUT2D eigenvalue weighted by Gasteiger charge is 2.59. The second-order valence-corrected chi connectivity index (χ2v) is 15.9. The number of hydrogen-bond acceptors (Lipinski definition) is 5. The van der Waals surface area contributed by atoms with Crippen molar-refractivity contribution in [2.75, 3.05) is 0 Å². The molecule has 9 unspecified atom stereocenters. The third kappa shape index (κ3) is 7.35. The Morgan fingerprint density at radius 1 is 1.07 bits per heavy atom. The summed E-state index contributed by atoms with van der Waals surface area (Å²) in [4.78, 5) is 43.6. The highest BCUT2D eigenvalue weighted by Crippen LogP contribution is 2.67. The molecule has 4 aliphatic carbocycles. The van der Waals surface area contributed by atoms with Gasteiger partial charge in [-0.1, -0.05) is 65.5 Å². The van der Waals surface area contributed by atoms with Gasteiger partial charge in [-0.05, 0) is 91.3 Å². The summed E-state index contributed by atoms with van der Waals surface area (Å²) in [6.07, 6.45) is 18.7. The number of amides is 1. The van der Waals surface area contributed by atoms with E-state index in [4.69, 9.17) is 4.74 Å². The van der Waals surface area contributed by atoms with Crippen molar-refractivity contribution >= 4 is 17.8 Å². The fraction of sp³-hybridized carbons (Fsp3) is 0.784. The summed E-state index contributed by atoms with van der Waals surface area (Å²) in [6.45, 7) is 12.4. The van der Waals surface area contributed by atoms with E-state index in [-0.39, 0.29) is 36.8 Å². The number of aliphatic carboxylic acids is 1. The lowest BCUT2D eigenvalue weighted by atomic mass is 9.47. The Morgan fingerprint density at radius 2 is 1.87 bits per heavy atom. The zero-order chi connectivity index (χ0) is 32.4. The quantitative estimate of drug-likeness (QED) is 0.157. The molecule has 0 aliphatic heterocycles. The summed E-state index contributed by atoms with van der Waals surface area (Å²) in [5.41, 5.74) is 2.76. The molecule has 0 aromatic carbocycles. The number of carbonyl (C=O) groups excluding carboxylic acids is 2. The van der Waals surface area contributed by atoms with E-state index in [0.29, 0.717) is 11.1 Å². The summed E-state index contributed by atoms with van der Waals surface area (Å²) in [6, 6.07) is -1.09. The molecule has 8 heteroatoms. The number of imidazole rings is 1. The predicted molar refractivity (Wildman–Crippen MR) is 174 cm³/mol. The molecule has 3 saturated carbocycles. The van der Waals surface area contributed by atoms with Crippen LogP contribution in [0.2, 0.25) is 0 Å². The Bertz CT molecular complexity index is 1230. The van der Waals surface area contributed by atoms with Crippen molar-refractivity contribution in [3.8, 4) is 0 Å². The number of hydrogen-bond donors (Lipinski definition) is 3. The molecule has 3 N–H and O–H groups in total. The minimum Gasteiger partial charge on any atom is -0.480 e. The number of fused-ring (bicyclic) bond motifs is 5. The van der Waals surface area contributed by atoms with Gasteiger partial charge in [0.2, 0.25) is 5.91 Å². The molecule has 3 fully saturated rings. The second kappa shape index (κ2) is 14.0. The van der Waals surface area contributed by atoms with Crippen molar-refractivity contribution in [1.29, 1.82) is 0 Å². The maximum absolute atomic E-state index is 12.8. The molecule has 5 rings (SSSR count). The number of rotatable bonds is 13. The molecule has 0 saturated heterocycles. The van der Waals surface area contributed by atoms with Crippen molar-refractivity contribution in [3.05, 3.63) is 29.9 Å². The van der Waals surface area contributed by atoms with Crippen LogP contribution in [-0.4, -0.2) is 45.1 Å². The molecule has 0 bridgehead atoms. The van der Waals surface area contributed by atoms with Gasteiger partial charge in [-0.15, -0.1) is 0 Å². The number of nitrogens with zero attached hydrogens (tertiary/aromatic N) is 1. The van der Waals surface area contributed by atoms with Crippen LogP contribution in [0.15, 0.2) is 24.2 Å². The first-order valence-corrected chi connectivity index (χ1v) is 17.8. The SMILES string of the molecule is CC(C)CCCC(C)C1CCC2C3CC=C4CC(OC(=O)CCC(=O)NC(Cc5cnc[nH]5)C(=O)O)CCC4(C)C3CCC12C. The molecule has 9 atom stereocenters. The second-order valence-electron chi connectivity index (χ2n) is 15.9. The van der Waals surface area contributed by atoms with E-state index in [9.17, 15) is 19.5 Å². The van der Waals surface area contributed by atoms with E-state index in [1.165, 1.54) is 63.0 Å².